The molecule has 3 aromatic carbocycles. The van der Waals surface area contributed by atoms with Crippen LogP contribution in [0, 0.1) is 25.6 Å². The second kappa shape index (κ2) is 9.41. The fraction of sp³-hybridized carbons (Fsp3) is 0.207. The highest BCUT2D eigenvalue weighted by Gasteiger charge is 2.30. The molecule has 1 aliphatic carbocycles. The largest absolute Gasteiger partial charge is 0.407 e. The minimum Gasteiger partial charge on any atom is -0.407 e. The van der Waals surface area contributed by atoms with Crippen LogP contribution in [-0.4, -0.2) is 21.7 Å². The molecule has 1 fully saturated rings. The zero-order chi connectivity index (χ0) is 25.4. The molecular weight excluding hydrogens is 457 g/mol. The van der Waals surface area contributed by atoms with E-state index in [4.69, 9.17) is 9.84 Å². The lowest BCUT2D eigenvalue weighted by atomic mass is 10.0. The summed E-state index contributed by atoms with van der Waals surface area (Å²) in [6, 6.07) is 19.3. The zero-order valence-electron chi connectivity index (χ0n) is 20.3. The van der Waals surface area contributed by atoms with Crippen LogP contribution in [0.2, 0.25) is 0 Å². The summed E-state index contributed by atoms with van der Waals surface area (Å²) in [6.45, 7) is 5.27. The van der Waals surface area contributed by atoms with Gasteiger partial charge in [-0.3, -0.25) is 9.59 Å². The minimum absolute atomic E-state index is 0.0122. The Labute approximate surface area is 208 Å². The lowest BCUT2D eigenvalue weighted by Crippen LogP contribution is -2.13. The van der Waals surface area contributed by atoms with Gasteiger partial charge >= 0.3 is 5.97 Å². The average molecular weight is 484 g/mol. The third-order valence-corrected chi connectivity index (χ3v) is 6.41. The van der Waals surface area contributed by atoms with Gasteiger partial charge in [0.15, 0.2) is 0 Å². The van der Waals surface area contributed by atoms with E-state index in [1.807, 2.05) is 44.2 Å². The molecule has 0 atom stereocenters. The maximum Gasteiger partial charge on any atom is 0.309 e. The van der Waals surface area contributed by atoms with Crippen LogP contribution < -0.4 is 10.1 Å². The molecule has 1 aromatic heterocycles. The molecule has 1 amide bonds. The number of ether oxygens (including phenoxy) is 1. The third kappa shape index (κ3) is 4.52. The van der Waals surface area contributed by atoms with E-state index < -0.39 is 11.8 Å². The molecule has 4 aromatic rings. The first-order chi connectivity index (χ1) is 17.3. The van der Waals surface area contributed by atoms with Crippen LogP contribution in [0.4, 0.5) is 10.1 Å². The third-order valence-electron chi connectivity index (χ3n) is 6.41. The van der Waals surface area contributed by atoms with Crippen LogP contribution in [-0.2, 0) is 9.59 Å². The first-order valence-corrected chi connectivity index (χ1v) is 11.9. The second-order valence-corrected chi connectivity index (χ2v) is 9.07. The van der Waals surface area contributed by atoms with E-state index in [-0.39, 0.29) is 23.3 Å². The number of nitrogens with zero attached hydrogens (tertiary/aromatic N) is 2. The second-order valence-electron chi connectivity index (χ2n) is 9.07. The number of rotatable bonds is 6. The summed E-state index contributed by atoms with van der Waals surface area (Å²) in [7, 11) is 0. The van der Waals surface area contributed by atoms with Crippen molar-refractivity contribution in [1.29, 1.82) is 0 Å². The number of hydrogen-bond donors (Lipinski definition) is 1. The van der Waals surface area contributed by atoms with Gasteiger partial charge in [0.2, 0.25) is 11.8 Å². The van der Waals surface area contributed by atoms with E-state index in [2.05, 4.69) is 5.32 Å². The van der Waals surface area contributed by atoms with Crippen molar-refractivity contribution in [1.82, 2.24) is 9.78 Å². The van der Waals surface area contributed by atoms with Gasteiger partial charge in [0.05, 0.1) is 11.3 Å². The fourth-order valence-electron chi connectivity index (χ4n) is 4.17. The summed E-state index contributed by atoms with van der Waals surface area (Å²) >= 11 is 0. The fourth-order valence-corrected chi connectivity index (χ4v) is 4.17. The molecule has 1 aliphatic rings. The van der Waals surface area contributed by atoms with Crippen LogP contribution in [0.25, 0.3) is 28.1 Å². The Balaban J connectivity index is 1.71. The minimum atomic E-state index is -0.517. The molecular formula is C29H26FN3O3. The summed E-state index contributed by atoms with van der Waals surface area (Å²) in [5.74, 6) is -0.658. The lowest BCUT2D eigenvalue weighted by Gasteiger charge is -2.13. The summed E-state index contributed by atoms with van der Waals surface area (Å²) in [5.41, 5.74) is 5.18. The maximum atomic E-state index is 15.0. The molecule has 6 nitrogen and oxygen atoms in total. The number of anilines is 1. The van der Waals surface area contributed by atoms with Crippen molar-refractivity contribution in [3.63, 3.8) is 0 Å². The standard InChI is InChI=1S/C29H26FN3O3/c1-17-7-6-10-25(18(17)2)33-29(36-19(3)34)26(27(32-33)23-8-4-5-9-24(23)30)20-13-15-22(16-14-20)31-28(35)21-11-12-21/h4-10,13-16,21H,11-12H2,1-3H3,(H,31,35). The predicted octanol–water partition coefficient (Wildman–Crippen LogP) is 6.24. The Bertz CT molecular complexity index is 1470. The molecule has 0 unspecified atom stereocenters. The van der Waals surface area contributed by atoms with E-state index in [9.17, 15) is 9.59 Å². The molecule has 0 aliphatic heterocycles. The van der Waals surface area contributed by atoms with E-state index >= 15 is 4.39 Å². The zero-order valence-corrected chi connectivity index (χ0v) is 20.3. The highest BCUT2D eigenvalue weighted by Crippen LogP contribution is 2.42. The highest BCUT2D eigenvalue weighted by atomic mass is 19.1. The first kappa shape index (κ1) is 23.5. The molecule has 0 bridgehead atoms. The molecule has 7 heteroatoms. The van der Waals surface area contributed by atoms with Gasteiger partial charge in [-0.15, -0.1) is 0 Å². The van der Waals surface area contributed by atoms with Gasteiger partial charge in [0.1, 0.15) is 11.5 Å². The van der Waals surface area contributed by atoms with Crippen molar-refractivity contribution in [3.05, 3.63) is 83.7 Å². The normalized spacial score (nSPS) is 12.9. The van der Waals surface area contributed by atoms with Crippen LogP contribution in [0.3, 0.4) is 0 Å². The first-order valence-electron chi connectivity index (χ1n) is 11.9. The van der Waals surface area contributed by atoms with Crippen LogP contribution in [0.5, 0.6) is 5.88 Å². The Hall–Kier alpha value is -4.26. The Morgan fingerprint density at radius 1 is 1.00 bits per heavy atom. The average Bonchev–Trinajstić information content (AvgIpc) is 3.65. The van der Waals surface area contributed by atoms with Crippen LogP contribution in [0.15, 0.2) is 66.7 Å². The number of aromatic nitrogens is 2. The Kier molecular flexibility index (Phi) is 6.14. The molecule has 1 saturated carbocycles. The number of hydrogen-bond acceptors (Lipinski definition) is 4. The highest BCUT2D eigenvalue weighted by molar-refractivity contribution is 5.95. The predicted molar refractivity (Wildman–Crippen MR) is 137 cm³/mol. The number of halogens is 1. The molecule has 36 heavy (non-hydrogen) atoms. The van der Waals surface area contributed by atoms with Crippen molar-refractivity contribution in [3.8, 4) is 34.0 Å². The Morgan fingerprint density at radius 2 is 1.72 bits per heavy atom. The number of nitrogens with one attached hydrogen (secondary N) is 1. The number of benzene rings is 3. The molecule has 5 rings (SSSR count). The smallest absolute Gasteiger partial charge is 0.309 e. The van der Waals surface area contributed by atoms with Crippen molar-refractivity contribution >= 4 is 17.6 Å². The van der Waals surface area contributed by atoms with Crippen molar-refractivity contribution in [2.24, 2.45) is 5.92 Å². The quantitative estimate of drug-likeness (QED) is 0.330. The van der Waals surface area contributed by atoms with Gasteiger partial charge in [-0.2, -0.15) is 9.78 Å². The van der Waals surface area contributed by atoms with E-state index in [0.717, 1.165) is 29.7 Å². The molecule has 182 valence electrons. The van der Waals surface area contributed by atoms with E-state index in [0.29, 0.717) is 22.5 Å². The van der Waals surface area contributed by atoms with Crippen molar-refractivity contribution in [2.45, 2.75) is 33.6 Å². The molecule has 1 N–H and O–H groups in total. The number of aryl methyl sites for hydroxylation is 1. The van der Waals surface area contributed by atoms with Gasteiger partial charge in [0.25, 0.3) is 0 Å². The maximum absolute atomic E-state index is 15.0. The summed E-state index contributed by atoms with van der Waals surface area (Å²) in [4.78, 5) is 24.4. The number of amides is 1. The molecule has 0 saturated heterocycles. The van der Waals surface area contributed by atoms with Gasteiger partial charge in [-0.1, -0.05) is 36.4 Å². The monoisotopic (exact) mass is 483 g/mol. The SMILES string of the molecule is CC(=O)Oc1c(-c2ccc(NC(=O)C3CC3)cc2)c(-c2ccccc2F)nn1-c1cccc(C)c1C. The van der Waals surface area contributed by atoms with Gasteiger partial charge in [-0.25, -0.2) is 4.39 Å². The van der Waals surface area contributed by atoms with Crippen LogP contribution in [0.1, 0.15) is 30.9 Å². The van der Waals surface area contributed by atoms with Crippen LogP contribution >= 0.6 is 0 Å². The van der Waals surface area contributed by atoms with Gasteiger partial charge < -0.3 is 10.1 Å². The van der Waals surface area contributed by atoms with Crippen molar-refractivity contribution < 1.29 is 18.7 Å². The van der Waals surface area contributed by atoms with Crippen molar-refractivity contribution in [2.75, 3.05) is 5.32 Å². The molecule has 0 radical (unpaired) electrons. The van der Waals surface area contributed by atoms with E-state index in [1.54, 1.807) is 35.0 Å². The summed E-state index contributed by atoms with van der Waals surface area (Å²) in [5, 5.41) is 7.70. The van der Waals surface area contributed by atoms with Gasteiger partial charge in [-0.05, 0) is 73.7 Å². The van der Waals surface area contributed by atoms with Gasteiger partial charge in [0, 0.05) is 24.1 Å². The number of carbonyl (C=O) groups is 2. The molecule has 0 spiro atoms. The molecule has 1 heterocycles. The summed E-state index contributed by atoms with van der Waals surface area (Å²) < 4.78 is 22.3. The number of carbonyl (C=O) groups excluding carboxylic acids is 2. The Morgan fingerprint density at radius 3 is 2.39 bits per heavy atom. The number of esters is 1. The lowest BCUT2D eigenvalue weighted by molar-refractivity contribution is -0.132. The topological polar surface area (TPSA) is 73.2 Å². The summed E-state index contributed by atoms with van der Waals surface area (Å²) in [6.07, 6.45) is 1.83. The van der Waals surface area contributed by atoms with E-state index in [1.165, 1.54) is 13.0 Å².